The molecule has 2 aromatic rings. The summed E-state index contributed by atoms with van der Waals surface area (Å²) in [6.45, 7) is 2.68. The van der Waals surface area contributed by atoms with Gasteiger partial charge in [0.2, 0.25) is 5.95 Å². The van der Waals surface area contributed by atoms with Crippen LogP contribution in [-0.4, -0.2) is 29.2 Å². The minimum absolute atomic E-state index is 0.221. The predicted octanol–water partition coefficient (Wildman–Crippen LogP) is 1.81. The molecule has 1 heterocycles. The lowest BCUT2D eigenvalue weighted by molar-refractivity contribution is 0.341. The molecule has 0 aliphatic rings. The second-order valence-electron chi connectivity index (χ2n) is 3.97. The highest BCUT2D eigenvalue weighted by Gasteiger charge is 2.06. The average molecular weight is 260 g/mol. The second kappa shape index (κ2) is 5.99. The van der Waals surface area contributed by atoms with E-state index < -0.39 is 0 Å². The highest BCUT2D eigenvalue weighted by atomic mass is 16.5. The van der Waals surface area contributed by atoms with Crippen molar-refractivity contribution in [3.63, 3.8) is 0 Å². The van der Waals surface area contributed by atoms with Crippen LogP contribution in [0.4, 0.5) is 5.95 Å². The SMILES string of the molecule is COc1nc(NCc2ccc(C)cc2)nc(OC)n1. The average Bonchev–Trinajstić information content (AvgIpc) is 2.46. The smallest absolute Gasteiger partial charge is 0.324 e. The van der Waals surface area contributed by atoms with Gasteiger partial charge in [-0.1, -0.05) is 29.8 Å². The summed E-state index contributed by atoms with van der Waals surface area (Å²) in [5.41, 5.74) is 2.37. The third-order valence-electron chi connectivity index (χ3n) is 2.53. The maximum absolute atomic E-state index is 4.98. The zero-order valence-corrected chi connectivity index (χ0v) is 11.2. The monoisotopic (exact) mass is 260 g/mol. The largest absolute Gasteiger partial charge is 0.467 e. The van der Waals surface area contributed by atoms with Gasteiger partial charge in [0.1, 0.15) is 0 Å². The van der Waals surface area contributed by atoms with Gasteiger partial charge in [0, 0.05) is 6.54 Å². The van der Waals surface area contributed by atoms with Crippen LogP contribution in [-0.2, 0) is 6.54 Å². The second-order valence-corrected chi connectivity index (χ2v) is 3.97. The Hall–Kier alpha value is -2.37. The molecule has 0 aliphatic carbocycles. The summed E-state index contributed by atoms with van der Waals surface area (Å²) in [6.07, 6.45) is 0. The van der Waals surface area contributed by atoms with E-state index in [0.29, 0.717) is 12.5 Å². The number of benzene rings is 1. The fraction of sp³-hybridized carbons (Fsp3) is 0.308. The van der Waals surface area contributed by atoms with E-state index in [1.807, 2.05) is 0 Å². The molecule has 1 aromatic heterocycles. The summed E-state index contributed by atoms with van der Waals surface area (Å²) in [5.74, 6) is 0.421. The summed E-state index contributed by atoms with van der Waals surface area (Å²) in [7, 11) is 3.00. The molecule has 2 rings (SSSR count). The van der Waals surface area contributed by atoms with E-state index in [0.717, 1.165) is 5.56 Å². The first kappa shape index (κ1) is 13.1. The summed E-state index contributed by atoms with van der Waals surface area (Å²) in [4.78, 5) is 12.1. The van der Waals surface area contributed by atoms with Crippen LogP contribution in [0.15, 0.2) is 24.3 Å². The molecule has 0 unspecified atom stereocenters. The quantitative estimate of drug-likeness (QED) is 0.884. The molecular weight excluding hydrogens is 244 g/mol. The maximum atomic E-state index is 4.98. The van der Waals surface area contributed by atoms with E-state index in [2.05, 4.69) is 51.5 Å². The third-order valence-corrected chi connectivity index (χ3v) is 2.53. The summed E-state index contributed by atoms with van der Waals surface area (Å²) in [5, 5.41) is 3.11. The highest BCUT2D eigenvalue weighted by Crippen LogP contribution is 2.13. The number of aryl methyl sites for hydroxylation is 1. The predicted molar refractivity (Wildman–Crippen MR) is 71.4 cm³/mol. The van der Waals surface area contributed by atoms with E-state index in [9.17, 15) is 0 Å². The molecule has 6 heteroatoms. The van der Waals surface area contributed by atoms with Crippen molar-refractivity contribution in [3.8, 4) is 12.0 Å². The number of nitrogens with one attached hydrogen (secondary N) is 1. The lowest BCUT2D eigenvalue weighted by Gasteiger charge is -2.07. The Balaban J connectivity index is 2.08. The Labute approximate surface area is 111 Å². The topological polar surface area (TPSA) is 69.2 Å². The third kappa shape index (κ3) is 3.54. The first-order chi connectivity index (χ1) is 9.21. The lowest BCUT2D eigenvalue weighted by atomic mass is 10.1. The number of hydrogen-bond donors (Lipinski definition) is 1. The van der Waals surface area contributed by atoms with Crippen molar-refractivity contribution >= 4 is 5.95 Å². The van der Waals surface area contributed by atoms with Gasteiger partial charge in [-0.2, -0.15) is 9.97 Å². The molecule has 0 atom stereocenters. The van der Waals surface area contributed by atoms with Crippen molar-refractivity contribution in [1.82, 2.24) is 15.0 Å². The molecule has 0 fully saturated rings. The van der Waals surface area contributed by atoms with Gasteiger partial charge in [0.25, 0.3) is 0 Å². The van der Waals surface area contributed by atoms with Crippen molar-refractivity contribution in [3.05, 3.63) is 35.4 Å². The van der Waals surface area contributed by atoms with Gasteiger partial charge in [-0.3, -0.25) is 0 Å². The molecule has 0 radical (unpaired) electrons. The van der Waals surface area contributed by atoms with Crippen LogP contribution in [0.25, 0.3) is 0 Å². The Morgan fingerprint density at radius 3 is 2.05 bits per heavy atom. The Kier molecular flexibility index (Phi) is 4.12. The molecule has 0 spiro atoms. The minimum atomic E-state index is 0.221. The zero-order chi connectivity index (χ0) is 13.7. The van der Waals surface area contributed by atoms with Gasteiger partial charge in [-0.05, 0) is 12.5 Å². The number of ether oxygens (including phenoxy) is 2. The van der Waals surface area contributed by atoms with Crippen molar-refractivity contribution in [2.75, 3.05) is 19.5 Å². The summed E-state index contributed by atoms with van der Waals surface area (Å²) >= 11 is 0. The standard InChI is InChI=1S/C13H16N4O2/c1-9-4-6-10(7-5-9)8-14-11-15-12(18-2)17-13(16-11)19-3/h4-7H,8H2,1-3H3,(H,14,15,16,17). The Morgan fingerprint density at radius 2 is 1.53 bits per heavy atom. The molecular formula is C13H16N4O2. The van der Waals surface area contributed by atoms with Crippen LogP contribution < -0.4 is 14.8 Å². The Morgan fingerprint density at radius 1 is 0.947 bits per heavy atom. The highest BCUT2D eigenvalue weighted by molar-refractivity contribution is 5.30. The molecule has 0 saturated carbocycles. The lowest BCUT2D eigenvalue weighted by Crippen LogP contribution is -2.07. The molecule has 100 valence electrons. The fourth-order valence-corrected chi connectivity index (χ4v) is 1.49. The molecule has 0 bridgehead atoms. The molecule has 1 N–H and O–H groups in total. The van der Waals surface area contributed by atoms with Crippen LogP contribution >= 0.6 is 0 Å². The van der Waals surface area contributed by atoms with Crippen molar-refractivity contribution in [1.29, 1.82) is 0 Å². The number of aromatic nitrogens is 3. The number of methoxy groups -OCH3 is 2. The van der Waals surface area contributed by atoms with Crippen LogP contribution in [0.2, 0.25) is 0 Å². The number of nitrogens with zero attached hydrogens (tertiary/aromatic N) is 3. The van der Waals surface area contributed by atoms with Gasteiger partial charge in [0.15, 0.2) is 0 Å². The molecule has 19 heavy (non-hydrogen) atoms. The normalized spacial score (nSPS) is 10.1. The van der Waals surface area contributed by atoms with E-state index in [1.54, 1.807) is 0 Å². The van der Waals surface area contributed by atoms with Gasteiger partial charge in [0.05, 0.1) is 14.2 Å². The molecule has 1 aromatic carbocycles. The van der Waals surface area contributed by atoms with Gasteiger partial charge >= 0.3 is 12.0 Å². The Bertz CT molecular complexity index is 521. The first-order valence-electron chi connectivity index (χ1n) is 5.84. The molecule has 6 nitrogen and oxygen atoms in total. The van der Waals surface area contributed by atoms with Crippen LogP contribution in [0.1, 0.15) is 11.1 Å². The van der Waals surface area contributed by atoms with E-state index in [1.165, 1.54) is 19.8 Å². The number of rotatable bonds is 5. The van der Waals surface area contributed by atoms with Crippen molar-refractivity contribution < 1.29 is 9.47 Å². The molecule has 0 amide bonds. The summed E-state index contributed by atoms with van der Waals surface area (Å²) in [6, 6.07) is 8.67. The first-order valence-corrected chi connectivity index (χ1v) is 5.84. The number of anilines is 1. The summed E-state index contributed by atoms with van der Waals surface area (Å²) < 4.78 is 9.97. The van der Waals surface area contributed by atoms with Crippen LogP contribution in [0, 0.1) is 6.92 Å². The van der Waals surface area contributed by atoms with Gasteiger partial charge < -0.3 is 14.8 Å². The van der Waals surface area contributed by atoms with Crippen LogP contribution in [0.3, 0.4) is 0 Å². The fourth-order valence-electron chi connectivity index (χ4n) is 1.49. The molecule has 0 aliphatic heterocycles. The minimum Gasteiger partial charge on any atom is -0.467 e. The van der Waals surface area contributed by atoms with Gasteiger partial charge in [-0.25, -0.2) is 0 Å². The van der Waals surface area contributed by atoms with E-state index >= 15 is 0 Å². The number of hydrogen-bond acceptors (Lipinski definition) is 6. The molecule has 0 saturated heterocycles. The van der Waals surface area contributed by atoms with Crippen molar-refractivity contribution in [2.24, 2.45) is 0 Å². The van der Waals surface area contributed by atoms with E-state index in [-0.39, 0.29) is 12.0 Å². The zero-order valence-electron chi connectivity index (χ0n) is 11.2. The van der Waals surface area contributed by atoms with Crippen molar-refractivity contribution in [2.45, 2.75) is 13.5 Å². The van der Waals surface area contributed by atoms with Gasteiger partial charge in [-0.15, -0.1) is 4.98 Å². The maximum Gasteiger partial charge on any atom is 0.324 e. The van der Waals surface area contributed by atoms with Crippen LogP contribution in [0.5, 0.6) is 12.0 Å². The van der Waals surface area contributed by atoms with E-state index in [4.69, 9.17) is 9.47 Å².